The van der Waals surface area contributed by atoms with E-state index in [0.29, 0.717) is 6.61 Å². The van der Waals surface area contributed by atoms with Crippen molar-refractivity contribution in [3.05, 3.63) is 12.2 Å². The van der Waals surface area contributed by atoms with Gasteiger partial charge in [-0.1, -0.05) is 6.58 Å². The predicted octanol–water partition coefficient (Wildman–Crippen LogP) is 0.529. The second kappa shape index (κ2) is 9.09. The van der Waals surface area contributed by atoms with Crippen molar-refractivity contribution < 1.29 is 33.7 Å². The Bertz CT molecular complexity index is 348. The molecule has 0 saturated carbocycles. The van der Waals surface area contributed by atoms with Crippen LogP contribution in [-0.4, -0.2) is 48.9 Å². The molecule has 0 spiro atoms. The van der Waals surface area contributed by atoms with Crippen LogP contribution in [-0.2, 0) is 28.6 Å². The molecule has 0 aromatic rings. The summed E-state index contributed by atoms with van der Waals surface area (Å²) in [5.74, 6) is -2.86. The Morgan fingerprint density at radius 2 is 1.89 bits per heavy atom. The Labute approximate surface area is 111 Å². The Morgan fingerprint density at radius 3 is 2.42 bits per heavy atom. The monoisotopic (exact) mass is 274 g/mol. The fourth-order valence-corrected chi connectivity index (χ4v) is 1.01. The quantitative estimate of drug-likeness (QED) is 0.372. The van der Waals surface area contributed by atoms with Crippen LogP contribution in [0.25, 0.3) is 0 Å². The third-order valence-corrected chi connectivity index (χ3v) is 1.95. The summed E-state index contributed by atoms with van der Waals surface area (Å²) in [6.45, 7) is 7.23. The van der Waals surface area contributed by atoms with Gasteiger partial charge in [0.05, 0.1) is 13.0 Å². The Balaban J connectivity index is 4.03. The lowest BCUT2D eigenvalue weighted by Crippen LogP contribution is -2.28. The second-order valence-electron chi connectivity index (χ2n) is 3.59. The third-order valence-electron chi connectivity index (χ3n) is 1.95. The minimum Gasteiger partial charge on any atom is -0.481 e. The minimum absolute atomic E-state index is 0.0602. The van der Waals surface area contributed by atoms with Gasteiger partial charge in [0.25, 0.3) is 0 Å². The highest BCUT2D eigenvalue weighted by Gasteiger charge is 2.21. The van der Waals surface area contributed by atoms with E-state index in [4.69, 9.17) is 19.3 Å². The van der Waals surface area contributed by atoms with Gasteiger partial charge in [-0.3, -0.25) is 4.79 Å². The third kappa shape index (κ3) is 7.93. The van der Waals surface area contributed by atoms with Gasteiger partial charge >= 0.3 is 17.9 Å². The Kier molecular flexibility index (Phi) is 8.19. The predicted molar refractivity (Wildman–Crippen MR) is 64.4 cm³/mol. The van der Waals surface area contributed by atoms with Crippen molar-refractivity contribution in [2.24, 2.45) is 0 Å². The van der Waals surface area contributed by atoms with Gasteiger partial charge in [0.1, 0.15) is 6.61 Å². The van der Waals surface area contributed by atoms with E-state index in [1.165, 1.54) is 6.92 Å². The molecule has 7 nitrogen and oxygen atoms in total. The van der Waals surface area contributed by atoms with Gasteiger partial charge in [0.2, 0.25) is 0 Å². The minimum atomic E-state index is -1.20. The number of carbonyl (C=O) groups excluding carboxylic acids is 2. The molecule has 108 valence electrons. The molecule has 19 heavy (non-hydrogen) atoms. The Hall–Kier alpha value is -1.89. The lowest BCUT2D eigenvalue weighted by molar-refractivity contribution is -0.165. The number of aliphatic carboxylic acids is 1. The lowest BCUT2D eigenvalue weighted by atomic mass is 10.2. The fraction of sp³-hybridized carbons (Fsp3) is 0.583. The largest absolute Gasteiger partial charge is 0.481 e. The van der Waals surface area contributed by atoms with Gasteiger partial charge in [-0.05, 0) is 13.8 Å². The van der Waals surface area contributed by atoms with Crippen molar-refractivity contribution in [2.75, 3.05) is 19.8 Å². The molecule has 0 amide bonds. The Morgan fingerprint density at radius 1 is 1.26 bits per heavy atom. The van der Waals surface area contributed by atoms with Crippen LogP contribution in [0.1, 0.15) is 20.3 Å². The van der Waals surface area contributed by atoms with Crippen molar-refractivity contribution in [1.29, 1.82) is 0 Å². The zero-order valence-corrected chi connectivity index (χ0v) is 11.0. The van der Waals surface area contributed by atoms with Crippen molar-refractivity contribution in [2.45, 2.75) is 26.4 Å². The van der Waals surface area contributed by atoms with Crippen molar-refractivity contribution in [3.8, 4) is 0 Å². The van der Waals surface area contributed by atoms with E-state index in [9.17, 15) is 14.4 Å². The highest BCUT2D eigenvalue weighted by atomic mass is 16.6. The molecule has 0 aromatic carbocycles. The molecule has 0 rings (SSSR count). The summed E-state index contributed by atoms with van der Waals surface area (Å²) in [6, 6.07) is 0. The summed E-state index contributed by atoms with van der Waals surface area (Å²) < 4.78 is 14.5. The molecule has 0 saturated heterocycles. The normalized spacial score (nSPS) is 11.5. The molecule has 7 heteroatoms. The van der Waals surface area contributed by atoms with Crippen LogP contribution in [0.15, 0.2) is 12.2 Å². The first-order chi connectivity index (χ1) is 8.88. The average molecular weight is 274 g/mol. The average Bonchev–Trinajstić information content (AvgIpc) is 2.33. The first-order valence-electron chi connectivity index (χ1n) is 5.73. The molecule has 1 atom stereocenters. The maximum atomic E-state index is 11.4. The number of esters is 2. The van der Waals surface area contributed by atoms with E-state index in [0.717, 1.165) is 0 Å². The van der Waals surface area contributed by atoms with Gasteiger partial charge in [-0.2, -0.15) is 0 Å². The number of ether oxygens (including phenoxy) is 3. The van der Waals surface area contributed by atoms with Gasteiger partial charge in [0.15, 0.2) is 6.10 Å². The summed E-state index contributed by atoms with van der Waals surface area (Å²) in [5, 5.41) is 8.47. The van der Waals surface area contributed by atoms with Crippen LogP contribution in [0.4, 0.5) is 0 Å². The van der Waals surface area contributed by atoms with Crippen molar-refractivity contribution in [1.82, 2.24) is 0 Å². The standard InChI is InChI=1S/C12H18O7/c1-4-17-5-6-18-12(16)9(3)19-11(15)8(2)7-10(13)14/h9H,2,4-7H2,1,3H3,(H,13,14). The summed E-state index contributed by atoms with van der Waals surface area (Å²) in [7, 11) is 0. The lowest BCUT2D eigenvalue weighted by Gasteiger charge is -2.13. The highest BCUT2D eigenvalue weighted by Crippen LogP contribution is 2.05. The maximum Gasteiger partial charge on any atom is 0.347 e. The number of carboxylic acids is 1. The fourth-order valence-electron chi connectivity index (χ4n) is 1.01. The van der Waals surface area contributed by atoms with Gasteiger partial charge in [0, 0.05) is 12.2 Å². The van der Waals surface area contributed by atoms with Gasteiger partial charge in [-0.25, -0.2) is 9.59 Å². The molecule has 0 aliphatic rings. The van der Waals surface area contributed by atoms with Crippen LogP contribution < -0.4 is 0 Å². The van der Waals surface area contributed by atoms with E-state index < -0.39 is 30.4 Å². The molecule has 1 N–H and O–H groups in total. The zero-order valence-electron chi connectivity index (χ0n) is 11.0. The van der Waals surface area contributed by atoms with Crippen LogP contribution in [0.5, 0.6) is 0 Å². The summed E-state index contributed by atoms with van der Waals surface area (Å²) in [4.78, 5) is 33.1. The molecule has 0 radical (unpaired) electrons. The zero-order chi connectivity index (χ0) is 14.8. The number of carboxylic acid groups (broad SMARTS) is 1. The highest BCUT2D eigenvalue weighted by molar-refractivity contribution is 5.94. The molecule has 0 fully saturated rings. The summed E-state index contributed by atoms with van der Waals surface area (Å²) in [6.07, 6.45) is -1.66. The van der Waals surface area contributed by atoms with Gasteiger partial charge < -0.3 is 19.3 Å². The second-order valence-corrected chi connectivity index (χ2v) is 3.59. The van der Waals surface area contributed by atoms with Crippen LogP contribution in [0, 0.1) is 0 Å². The summed E-state index contributed by atoms with van der Waals surface area (Å²) in [5.41, 5.74) is -0.235. The molecule has 0 aromatic heterocycles. The van der Waals surface area contributed by atoms with Crippen LogP contribution in [0.2, 0.25) is 0 Å². The molecular formula is C12H18O7. The van der Waals surface area contributed by atoms with E-state index in [-0.39, 0.29) is 18.8 Å². The van der Waals surface area contributed by atoms with E-state index >= 15 is 0 Å². The summed E-state index contributed by atoms with van der Waals surface area (Å²) >= 11 is 0. The maximum absolute atomic E-state index is 11.4. The van der Waals surface area contributed by atoms with Crippen LogP contribution in [0.3, 0.4) is 0 Å². The molecule has 0 aliphatic heterocycles. The van der Waals surface area contributed by atoms with Crippen LogP contribution >= 0.6 is 0 Å². The molecular weight excluding hydrogens is 256 g/mol. The SMILES string of the molecule is C=C(CC(=O)O)C(=O)OC(C)C(=O)OCCOCC. The van der Waals surface area contributed by atoms with Gasteiger partial charge in [-0.15, -0.1) is 0 Å². The number of hydrogen-bond acceptors (Lipinski definition) is 6. The smallest absolute Gasteiger partial charge is 0.347 e. The molecule has 1 unspecified atom stereocenters. The van der Waals surface area contributed by atoms with E-state index in [2.05, 4.69) is 6.58 Å². The molecule has 0 heterocycles. The number of carbonyl (C=O) groups is 3. The van der Waals surface area contributed by atoms with E-state index in [1.54, 1.807) is 6.92 Å². The topological polar surface area (TPSA) is 99.1 Å². The van der Waals surface area contributed by atoms with Crippen molar-refractivity contribution in [3.63, 3.8) is 0 Å². The number of hydrogen-bond donors (Lipinski definition) is 1. The first-order valence-corrected chi connectivity index (χ1v) is 5.73. The molecule has 0 bridgehead atoms. The first kappa shape index (κ1) is 17.1. The molecule has 0 aliphatic carbocycles. The number of rotatable bonds is 9. The van der Waals surface area contributed by atoms with E-state index in [1.807, 2.05) is 0 Å². The van der Waals surface area contributed by atoms with Crippen molar-refractivity contribution >= 4 is 17.9 Å².